The van der Waals surface area contributed by atoms with E-state index >= 15 is 0 Å². The van der Waals surface area contributed by atoms with Crippen molar-refractivity contribution < 1.29 is 14.4 Å². The van der Waals surface area contributed by atoms with Crippen molar-refractivity contribution in [2.24, 2.45) is 11.7 Å². The fourth-order valence-electron chi connectivity index (χ4n) is 3.96. The van der Waals surface area contributed by atoms with Crippen molar-refractivity contribution in [1.29, 1.82) is 0 Å². The van der Waals surface area contributed by atoms with Crippen LogP contribution >= 0.6 is 0 Å². The first-order chi connectivity index (χ1) is 14.9. The average Bonchev–Trinajstić information content (AvgIpc) is 2.75. The molecule has 31 heavy (non-hydrogen) atoms. The topological polar surface area (TPSA) is 105 Å². The van der Waals surface area contributed by atoms with Crippen molar-refractivity contribution in [3.63, 3.8) is 0 Å². The summed E-state index contributed by atoms with van der Waals surface area (Å²) in [5.74, 6) is -0.651. The molecule has 3 rings (SSSR count). The van der Waals surface area contributed by atoms with Gasteiger partial charge in [0.15, 0.2) is 0 Å². The van der Waals surface area contributed by atoms with Crippen LogP contribution in [0.3, 0.4) is 0 Å². The molecule has 4 N–H and O–H groups in total. The number of carbonyl (C=O) groups is 3. The lowest BCUT2D eigenvalue weighted by molar-refractivity contribution is -0.123. The quantitative estimate of drug-likeness (QED) is 0.608. The van der Waals surface area contributed by atoms with E-state index in [1.54, 1.807) is 0 Å². The van der Waals surface area contributed by atoms with Gasteiger partial charge in [0.25, 0.3) is 0 Å². The lowest BCUT2D eigenvalue weighted by atomic mass is 9.97. The second kappa shape index (κ2) is 10.7. The van der Waals surface area contributed by atoms with E-state index in [1.165, 1.54) is 6.92 Å². The molecule has 1 fully saturated rings. The summed E-state index contributed by atoms with van der Waals surface area (Å²) >= 11 is 0. The molecule has 1 aliphatic heterocycles. The summed E-state index contributed by atoms with van der Waals surface area (Å²) < 4.78 is 0. The highest BCUT2D eigenvalue weighted by molar-refractivity contribution is 5.91. The van der Waals surface area contributed by atoms with Gasteiger partial charge in [0.2, 0.25) is 17.7 Å². The minimum Gasteiger partial charge on any atom is -0.369 e. The van der Waals surface area contributed by atoms with E-state index in [1.807, 2.05) is 54.6 Å². The predicted octanol–water partition coefficient (Wildman–Crippen LogP) is 2.59. The summed E-state index contributed by atoms with van der Waals surface area (Å²) in [5, 5.41) is 5.74. The van der Waals surface area contributed by atoms with Crippen LogP contribution < -0.4 is 16.4 Å². The first-order valence-electron chi connectivity index (χ1n) is 10.6. The maximum absolute atomic E-state index is 12.6. The molecule has 0 bridgehead atoms. The Bertz CT molecular complexity index is 899. The van der Waals surface area contributed by atoms with E-state index in [9.17, 15) is 14.4 Å². The van der Waals surface area contributed by atoms with E-state index in [0.717, 1.165) is 37.1 Å². The van der Waals surface area contributed by atoms with Gasteiger partial charge in [0, 0.05) is 25.7 Å². The molecule has 0 aliphatic carbocycles. The van der Waals surface area contributed by atoms with Crippen molar-refractivity contribution in [3.8, 4) is 0 Å². The highest BCUT2D eigenvalue weighted by atomic mass is 16.2. The molecule has 0 radical (unpaired) electrons. The summed E-state index contributed by atoms with van der Waals surface area (Å²) in [5.41, 5.74) is 8.17. The van der Waals surface area contributed by atoms with E-state index in [-0.39, 0.29) is 36.1 Å². The molecule has 2 unspecified atom stereocenters. The zero-order valence-corrected chi connectivity index (χ0v) is 17.8. The van der Waals surface area contributed by atoms with Crippen LogP contribution in [-0.2, 0) is 20.9 Å². The molecule has 164 valence electrons. The van der Waals surface area contributed by atoms with E-state index in [0.29, 0.717) is 12.2 Å². The van der Waals surface area contributed by atoms with Crippen molar-refractivity contribution in [2.45, 2.75) is 38.8 Å². The standard InChI is InChI=1S/C24H30N4O3/c1-17(29)26-22(19-6-3-2-4-7-19)14-23(30)27-21-11-9-18(10-12-21)15-28-13-5-8-20(16-28)24(25)31/h2-4,6-7,9-12,20,22H,5,8,13-16H2,1H3,(H2,25,31)(H,26,29)(H,27,30). The van der Waals surface area contributed by atoms with E-state index < -0.39 is 0 Å². The van der Waals surface area contributed by atoms with Crippen LogP contribution in [-0.4, -0.2) is 35.7 Å². The number of primary amides is 1. The fraction of sp³-hybridized carbons (Fsp3) is 0.375. The first-order valence-corrected chi connectivity index (χ1v) is 10.6. The van der Waals surface area contributed by atoms with Crippen molar-refractivity contribution in [2.75, 3.05) is 18.4 Å². The minimum atomic E-state index is -0.379. The molecule has 3 amide bonds. The van der Waals surface area contributed by atoms with Gasteiger partial charge in [-0.05, 0) is 42.6 Å². The summed E-state index contributed by atoms with van der Waals surface area (Å²) in [4.78, 5) is 37.8. The largest absolute Gasteiger partial charge is 0.369 e. The molecule has 2 atom stereocenters. The Morgan fingerprint density at radius 2 is 1.81 bits per heavy atom. The fourth-order valence-corrected chi connectivity index (χ4v) is 3.96. The summed E-state index contributed by atoms with van der Waals surface area (Å²) in [6.45, 7) is 3.83. The van der Waals surface area contributed by atoms with Crippen molar-refractivity contribution >= 4 is 23.4 Å². The number of amides is 3. The molecule has 1 aliphatic rings. The smallest absolute Gasteiger partial charge is 0.226 e. The number of rotatable bonds is 8. The lowest BCUT2D eigenvalue weighted by Gasteiger charge is -2.31. The van der Waals surface area contributed by atoms with Crippen molar-refractivity contribution in [3.05, 3.63) is 65.7 Å². The van der Waals surface area contributed by atoms with Crippen molar-refractivity contribution in [1.82, 2.24) is 10.2 Å². The Balaban J connectivity index is 1.55. The Morgan fingerprint density at radius 1 is 1.10 bits per heavy atom. The normalized spacial score (nSPS) is 17.5. The molecule has 0 spiro atoms. The third-order valence-corrected chi connectivity index (χ3v) is 5.52. The van der Waals surface area contributed by atoms with Gasteiger partial charge in [-0.15, -0.1) is 0 Å². The number of likely N-dealkylation sites (tertiary alicyclic amines) is 1. The molecular weight excluding hydrogens is 392 g/mol. The maximum atomic E-state index is 12.6. The molecule has 7 heteroatoms. The molecule has 0 aromatic heterocycles. The van der Waals surface area contributed by atoms with Crippen LogP contribution in [0.2, 0.25) is 0 Å². The lowest BCUT2D eigenvalue weighted by Crippen LogP contribution is -2.40. The van der Waals surface area contributed by atoms with Crippen LogP contribution in [0, 0.1) is 5.92 Å². The molecular formula is C24H30N4O3. The molecule has 1 heterocycles. The monoisotopic (exact) mass is 422 g/mol. The second-order valence-corrected chi connectivity index (χ2v) is 8.09. The zero-order valence-electron chi connectivity index (χ0n) is 17.8. The van der Waals surface area contributed by atoms with Crippen LogP contribution in [0.25, 0.3) is 0 Å². The number of nitrogens with one attached hydrogen (secondary N) is 2. The van der Waals surface area contributed by atoms with Crippen LogP contribution in [0.1, 0.15) is 43.4 Å². The molecule has 7 nitrogen and oxygen atoms in total. The predicted molar refractivity (Wildman–Crippen MR) is 120 cm³/mol. The number of carbonyl (C=O) groups excluding carboxylic acids is 3. The van der Waals surface area contributed by atoms with Crippen LogP contribution in [0.15, 0.2) is 54.6 Å². The number of hydrogen-bond acceptors (Lipinski definition) is 4. The zero-order chi connectivity index (χ0) is 22.2. The third-order valence-electron chi connectivity index (χ3n) is 5.52. The van der Waals surface area contributed by atoms with Gasteiger partial charge < -0.3 is 16.4 Å². The first kappa shape index (κ1) is 22.5. The Kier molecular flexibility index (Phi) is 7.78. The van der Waals surface area contributed by atoms with E-state index in [4.69, 9.17) is 5.73 Å². The van der Waals surface area contributed by atoms with Gasteiger partial charge in [0.05, 0.1) is 18.4 Å². The van der Waals surface area contributed by atoms with Gasteiger partial charge in [0.1, 0.15) is 0 Å². The minimum absolute atomic E-state index is 0.0755. The number of piperidine rings is 1. The van der Waals surface area contributed by atoms with Gasteiger partial charge >= 0.3 is 0 Å². The number of hydrogen-bond donors (Lipinski definition) is 3. The number of anilines is 1. The Hall–Kier alpha value is -3.19. The van der Waals surface area contributed by atoms with Gasteiger partial charge in [-0.2, -0.15) is 0 Å². The third kappa shape index (κ3) is 6.93. The number of nitrogens with two attached hydrogens (primary N) is 1. The summed E-state index contributed by atoms with van der Waals surface area (Å²) in [7, 11) is 0. The van der Waals surface area contributed by atoms with Crippen LogP contribution in [0.5, 0.6) is 0 Å². The van der Waals surface area contributed by atoms with Crippen LogP contribution in [0.4, 0.5) is 5.69 Å². The number of benzene rings is 2. The van der Waals surface area contributed by atoms with Gasteiger partial charge in [-0.25, -0.2) is 0 Å². The average molecular weight is 423 g/mol. The molecule has 0 saturated carbocycles. The Morgan fingerprint density at radius 3 is 2.45 bits per heavy atom. The maximum Gasteiger partial charge on any atom is 0.226 e. The molecule has 2 aromatic carbocycles. The van der Waals surface area contributed by atoms with Gasteiger partial charge in [-0.3, -0.25) is 19.3 Å². The highest BCUT2D eigenvalue weighted by Crippen LogP contribution is 2.20. The highest BCUT2D eigenvalue weighted by Gasteiger charge is 2.23. The Labute approximate surface area is 183 Å². The SMILES string of the molecule is CC(=O)NC(CC(=O)Nc1ccc(CN2CCCC(C(N)=O)C2)cc1)c1ccccc1. The van der Waals surface area contributed by atoms with Gasteiger partial charge in [-0.1, -0.05) is 42.5 Å². The summed E-state index contributed by atoms with van der Waals surface area (Å²) in [6.07, 6.45) is 1.98. The second-order valence-electron chi connectivity index (χ2n) is 8.09. The molecule has 1 saturated heterocycles. The molecule has 2 aromatic rings. The summed E-state index contributed by atoms with van der Waals surface area (Å²) in [6, 6.07) is 16.8. The van der Waals surface area contributed by atoms with E-state index in [2.05, 4.69) is 15.5 Å². The number of nitrogens with zero attached hydrogens (tertiary/aromatic N) is 1.